The number of carbonyl (C=O) groups excluding carboxylic acids is 2. The molecule has 0 bridgehead atoms. The number of rotatable bonds is 5. The van der Waals surface area contributed by atoms with Crippen molar-refractivity contribution in [1.29, 1.82) is 0 Å². The van der Waals surface area contributed by atoms with E-state index in [0.717, 1.165) is 16.7 Å². The lowest BCUT2D eigenvalue weighted by molar-refractivity contribution is 0.0726. The largest absolute Gasteiger partial charge is 0.419 e. The van der Waals surface area contributed by atoms with Crippen molar-refractivity contribution in [1.82, 2.24) is 4.90 Å². The number of amides is 1. The fraction of sp³-hybridized carbons (Fsp3) is 0.417. The average molecular weight is 398 g/mol. The first-order chi connectivity index (χ1) is 13.6. The minimum atomic E-state index is -0.487. The molecule has 2 aromatic rings. The third-order valence-electron chi connectivity index (χ3n) is 4.77. The molecule has 0 spiro atoms. The van der Waals surface area contributed by atoms with Gasteiger partial charge in [0.1, 0.15) is 0 Å². The summed E-state index contributed by atoms with van der Waals surface area (Å²) in [6.45, 7) is 14.8. The second-order valence-corrected chi connectivity index (χ2v) is 8.17. The van der Waals surface area contributed by atoms with Gasteiger partial charge in [-0.3, -0.25) is 0 Å². The summed E-state index contributed by atoms with van der Waals surface area (Å²) in [6, 6.07) is 10.9. The van der Waals surface area contributed by atoms with Gasteiger partial charge in [0.25, 0.3) is 0 Å². The van der Waals surface area contributed by atoms with Crippen LogP contribution in [-0.4, -0.2) is 30.1 Å². The molecular weight excluding hydrogens is 366 g/mol. The Labute approximate surface area is 173 Å². The molecule has 5 nitrogen and oxygen atoms in total. The number of nitrogens with zero attached hydrogens (tertiary/aromatic N) is 1. The molecule has 29 heavy (non-hydrogen) atoms. The van der Waals surface area contributed by atoms with E-state index in [4.69, 9.17) is 9.47 Å². The first-order valence-corrected chi connectivity index (χ1v) is 9.97. The number of hydrogen-bond donors (Lipinski definition) is 0. The van der Waals surface area contributed by atoms with Gasteiger partial charge in [0, 0.05) is 13.1 Å². The molecule has 0 atom stereocenters. The highest BCUT2D eigenvalue weighted by atomic mass is 16.6. The van der Waals surface area contributed by atoms with Crippen LogP contribution in [0.1, 0.15) is 61.7 Å². The third kappa shape index (κ3) is 5.59. The van der Waals surface area contributed by atoms with Crippen LogP contribution in [0.3, 0.4) is 0 Å². The van der Waals surface area contributed by atoms with Crippen molar-refractivity contribution in [3.8, 4) is 11.5 Å². The van der Waals surface area contributed by atoms with E-state index < -0.39 is 12.1 Å². The van der Waals surface area contributed by atoms with Crippen molar-refractivity contribution in [2.75, 3.05) is 13.1 Å². The van der Waals surface area contributed by atoms with E-state index in [-0.39, 0.29) is 16.9 Å². The van der Waals surface area contributed by atoms with Gasteiger partial charge in [-0.15, -0.1) is 0 Å². The summed E-state index contributed by atoms with van der Waals surface area (Å²) in [5, 5.41) is 0. The summed E-state index contributed by atoms with van der Waals surface area (Å²) in [7, 11) is 0. The molecule has 156 valence electrons. The third-order valence-corrected chi connectivity index (χ3v) is 4.77. The van der Waals surface area contributed by atoms with Crippen LogP contribution in [-0.2, 0) is 5.41 Å². The Morgan fingerprint density at radius 3 is 2.17 bits per heavy atom. The Morgan fingerprint density at radius 2 is 1.62 bits per heavy atom. The fourth-order valence-corrected chi connectivity index (χ4v) is 2.95. The van der Waals surface area contributed by atoms with Crippen LogP contribution in [0.5, 0.6) is 11.5 Å². The van der Waals surface area contributed by atoms with Crippen molar-refractivity contribution < 1.29 is 19.1 Å². The zero-order valence-corrected chi connectivity index (χ0v) is 18.5. The molecule has 0 radical (unpaired) electrons. The van der Waals surface area contributed by atoms with Crippen LogP contribution < -0.4 is 9.47 Å². The van der Waals surface area contributed by atoms with E-state index in [0.29, 0.717) is 18.7 Å². The van der Waals surface area contributed by atoms with Crippen molar-refractivity contribution in [3.63, 3.8) is 0 Å². The Bertz CT molecular complexity index is 892. The topological polar surface area (TPSA) is 55.8 Å². The summed E-state index contributed by atoms with van der Waals surface area (Å²) in [4.78, 5) is 26.8. The highest BCUT2D eigenvalue weighted by Crippen LogP contribution is 2.37. The SMILES string of the molecule is CCN(CC)C(=O)Oc1c(C)cc(C(C)(C)C)cc1OC(=O)c1cccc(C)c1. The summed E-state index contributed by atoms with van der Waals surface area (Å²) in [5.41, 5.74) is 2.99. The maximum Gasteiger partial charge on any atom is 0.415 e. The molecule has 0 aliphatic carbocycles. The normalized spacial score (nSPS) is 11.1. The number of benzene rings is 2. The second kappa shape index (κ2) is 9.12. The van der Waals surface area contributed by atoms with E-state index in [9.17, 15) is 9.59 Å². The monoisotopic (exact) mass is 397 g/mol. The summed E-state index contributed by atoms with van der Waals surface area (Å²) < 4.78 is 11.4. The Hall–Kier alpha value is -2.82. The minimum absolute atomic E-state index is 0.156. The van der Waals surface area contributed by atoms with Gasteiger partial charge in [0.2, 0.25) is 0 Å². The molecule has 0 saturated heterocycles. The van der Waals surface area contributed by atoms with Gasteiger partial charge in [-0.1, -0.05) is 44.5 Å². The zero-order chi connectivity index (χ0) is 21.8. The second-order valence-electron chi connectivity index (χ2n) is 8.17. The minimum Gasteiger partial charge on any atom is -0.419 e. The van der Waals surface area contributed by atoms with Gasteiger partial charge in [0.05, 0.1) is 5.56 Å². The van der Waals surface area contributed by atoms with Gasteiger partial charge in [-0.2, -0.15) is 0 Å². The summed E-state index contributed by atoms with van der Waals surface area (Å²) >= 11 is 0. The average Bonchev–Trinajstić information content (AvgIpc) is 2.64. The molecule has 2 aromatic carbocycles. The van der Waals surface area contributed by atoms with Crippen molar-refractivity contribution in [2.45, 2.75) is 53.9 Å². The first-order valence-electron chi connectivity index (χ1n) is 9.97. The van der Waals surface area contributed by atoms with Crippen molar-refractivity contribution in [3.05, 3.63) is 58.7 Å². The number of hydrogen-bond acceptors (Lipinski definition) is 4. The van der Waals surface area contributed by atoms with Crippen LogP contribution in [0.25, 0.3) is 0 Å². The van der Waals surface area contributed by atoms with Crippen LogP contribution in [0, 0.1) is 13.8 Å². The molecule has 0 N–H and O–H groups in total. The molecule has 0 heterocycles. The molecule has 1 amide bonds. The number of carbonyl (C=O) groups is 2. The van der Waals surface area contributed by atoms with Crippen LogP contribution >= 0.6 is 0 Å². The van der Waals surface area contributed by atoms with Crippen LogP contribution in [0.15, 0.2) is 36.4 Å². The lowest BCUT2D eigenvalue weighted by Crippen LogP contribution is -2.33. The highest BCUT2D eigenvalue weighted by Gasteiger charge is 2.24. The fourth-order valence-electron chi connectivity index (χ4n) is 2.95. The number of esters is 1. The Morgan fingerprint density at radius 1 is 0.966 bits per heavy atom. The molecule has 5 heteroatoms. The molecule has 0 fully saturated rings. The van der Waals surface area contributed by atoms with Gasteiger partial charge >= 0.3 is 12.1 Å². The summed E-state index contributed by atoms with van der Waals surface area (Å²) in [5.74, 6) is 0.0390. The van der Waals surface area contributed by atoms with E-state index in [1.807, 2.05) is 45.9 Å². The molecular formula is C24H31NO4. The first kappa shape index (κ1) is 22.5. The molecule has 0 aliphatic rings. The maximum atomic E-state index is 12.7. The van der Waals surface area contributed by atoms with Gasteiger partial charge in [-0.05, 0) is 62.4 Å². The van der Waals surface area contributed by atoms with E-state index in [1.165, 1.54) is 0 Å². The molecule has 0 saturated carbocycles. The lowest BCUT2D eigenvalue weighted by atomic mass is 9.86. The van der Waals surface area contributed by atoms with Crippen LogP contribution in [0.2, 0.25) is 0 Å². The van der Waals surface area contributed by atoms with Crippen molar-refractivity contribution in [2.24, 2.45) is 0 Å². The molecule has 0 aliphatic heterocycles. The quantitative estimate of drug-likeness (QED) is 0.482. The van der Waals surface area contributed by atoms with Gasteiger partial charge in [0.15, 0.2) is 11.5 Å². The molecule has 0 aromatic heterocycles. The Kier molecular flexibility index (Phi) is 7.07. The van der Waals surface area contributed by atoms with E-state index in [2.05, 4.69) is 20.8 Å². The molecule has 0 unspecified atom stereocenters. The highest BCUT2D eigenvalue weighted by molar-refractivity contribution is 5.91. The van der Waals surface area contributed by atoms with Gasteiger partial charge in [-0.25, -0.2) is 9.59 Å². The number of ether oxygens (including phenoxy) is 2. The summed E-state index contributed by atoms with van der Waals surface area (Å²) in [6.07, 6.45) is -0.463. The van der Waals surface area contributed by atoms with E-state index >= 15 is 0 Å². The predicted molar refractivity (Wildman–Crippen MR) is 115 cm³/mol. The maximum absolute atomic E-state index is 12.7. The zero-order valence-electron chi connectivity index (χ0n) is 18.5. The van der Waals surface area contributed by atoms with Crippen molar-refractivity contribution >= 4 is 12.1 Å². The number of aryl methyl sites for hydroxylation is 2. The molecule has 2 rings (SSSR count). The lowest BCUT2D eigenvalue weighted by Gasteiger charge is -2.24. The Balaban J connectivity index is 2.47. The smallest absolute Gasteiger partial charge is 0.415 e. The van der Waals surface area contributed by atoms with Crippen LogP contribution in [0.4, 0.5) is 4.79 Å². The van der Waals surface area contributed by atoms with Gasteiger partial charge < -0.3 is 14.4 Å². The van der Waals surface area contributed by atoms with E-state index in [1.54, 1.807) is 23.1 Å². The predicted octanol–water partition coefficient (Wildman–Crippen LogP) is 5.66. The standard InChI is InChI=1S/C24H31NO4/c1-8-25(9-2)23(27)29-21-17(4)14-19(24(5,6)7)15-20(21)28-22(26)18-12-10-11-16(3)13-18/h10-15H,8-9H2,1-7H3.